The van der Waals surface area contributed by atoms with E-state index in [1.807, 2.05) is 25.2 Å². The van der Waals surface area contributed by atoms with E-state index in [1.54, 1.807) is 0 Å². The molecule has 2 aliphatic carbocycles. The lowest BCUT2D eigenvalue weighted by Gasteiger charge is -2.18. The minimum Gasteiger partial charge on any atom is -0.383 e. The zero-order valence-electron chi connectivity index (χ0n) is 13.7. The number of rotatable bonds is 3. The first-order valence-corrected chi connectivity index (χ1v) is 8.21. The lowest BCUT2D eigenvalue weighted by atomic mass is 9.85. The molecule has 0 amide bonds. The Bertz CT molecular complexity index is 892. The van der Waals surface area contributed by atoms with Crippen LogP contribution in [0.3, 0.4) is 0 Å². The van der Waals surface area contributed by atoms with Crippen molar-refractivity contribution in [2.45, 2.75) is 12.8 Å². The van der Waals surface area contributed by atoms with Crippen molar-refractivity contribution in [3.63, 3.8) is 0 Å². The van der Waals surface area contributed by atoms with Crippen molar-refractivity contribution in [3.05, 3.63) is 83.6 Å². The van der Waals surface area contributed by atoms with E-state index >= 15 is 0 Å². The van der Waals surface area contributed by atoms with E-state index in [9.17, 15) is 0 Å². The SMILES string of the molecule is CN(C)/C=C/C=C\C=C1/C=C2CCc3cccc4ccc1c2c34. The number of benzene rings is 2. The molecular weight excluding hydrogens is 278 g/mol. The predicted octanol–water partition coefficient (Wildman–Crippen LogP) is 5.20. The van der Waals surface area contributed by atoms with Gasteiger partial charge in [0, 0.05) is 14.1 Å². The second-order valence-corrected chi connectivity index (χ2v) is 6.48. The summed E-state index contributed by atoms with van der Waals surface area (Å²) in [5.74, 6) is 0. The summed E-state index contributed by atoms with van der Waals surface area (Å²) in [5, 5.41) is 2.85. The van der Waals surface area contributed by atoms with E-state index in [-0.39, 0.29) is 0 Å². The van der Waals surface area contributed by atoms with Crippen LogP contribution in [0.15, 0.2) is 66.9 Å². The highest BCUT2D eigenvalue weighted by atomic mass is 15.0. The first-order valence-electron chi connectivity index (χ1n) is 8.21. The number of aryl methyl sites for hydroxylation is 1. The van der Waals surface area contributed by atoms with Crippen molar-refractivity contribution in [2.75, 3.05) is 14.1 Å². The van der Waals surface area contributed by atoms with Gasteiger partial charge in [0.1, 0.15) is 0 Å². The summed E-state index contributed by atoms with van der Waals surface area (Å²) in [6, 6.07) is 11.3. The van der Waals surface area contributed by atoms with Crippen LogP contribution in [0.2, 0.25) is 0 Å². The van der Waals surface area contributed by atoms with Gasteiger partial charge in [-0.15, -0.1) is 0 Å². The molecule has 0 fully saturated rings. The summed E-state index contributed by atoms with van der Waals surface area (Å²) in [7, 11) is 4.06. The first-order chi connectivity index (χ1) is 11.2. The average Bonchev–Trinajstić information content (AvgIpc) is 2.92. The van der Waals surface area contributed by atoms with Gasteiger partial charge in [-0.1, -0.05) is 54.6 Å². The number of allylic oxidation sites excluding steroid dienone is 7. The molecule has 0 aromatic heterocycles. The van der Waals surface area contributed by atoms with Crippen molar-refractivity contribution in [1.29, 1.82) is 0 Å². The molecule has 4 rings (SSSR count). The van der Waals surface area contributed by atoms with E-state index in [1.165, 1.54) is 38.6 Å². The van der Waals surface area contributed by atoms with Crippen LogP contribution in [-0.2, 0) is 6.42 Å². The molecular formula is C22H21N. The minimum atomic E-state index is 1.16. The van der Waals surface area contributed by atoms with Gasteiger partial charge in [-0.2, -0.15) is 0 Å². The Kier molecular flexibility index (Phi) is 3.42. The fourth-order valence-corrected chi connectivity index (χ4v) is 3.62. The Morgan fingerprint density at radius 3 is 2.74 bits per heavy atom. The Labute approximate surface area is 137 Å². The predicted molar refractivity (Wildman–Crippen MR) is 100 cm³/mol. The number of hydrogen-bond acceptors (Lipinski definition) is 1. The summed E-state index contributed by atoms with van der Waals surface area (Å²) >= 11 is 0. The lowest BCUT2D eigenvalue weighted by Crippen LogP contribution is -1.99. The van der Waals surface area contributed by atoms with E-state index in [4.69, 9.17) is 0 Å². The quantitative estimate of drug-likeness (QED) is 0.704. The fraction of sp³-hybridized carbons (Fsp3) is 0.182. The van der Waals surface area contributed by atoms with Gasteiger partial charge >= 0.3 is 0 Å². The van der Waals surface area contributed by atoms with Crippen LogP contribution >= 0.6 is 0 Å². The van der Waals surface area contributed by atoms with Crippen LogP contribution in [0.1, 0.15) is 23.1 Å². The molecule has 114 valence electrons. The molecule has 2 aromatic rings. The monoisotopic (exact) mass is 299 g/mol. The summed E-state index contributed by atoms with van der Waals surface area (Å²) < 4.78 is 0. The number of hydrogen-bond donors (Lipinski definition) is 0. The molecule has 23 heavy (non-hydrogen) atoms. The molecule has 0 saturated heterocycles. The van der Waals surface area contributed by atoms with Crippen molar-refractivity contribution < 1.29 is 0 Å². The molecule has 2 aliphatic rings. The zero-order valence-corrected chi connectivity index (χ0v) is 13.7. The van der Waals surface area contributed by atoms with Crippen molar-refractivity contribution in [3.8, 4) is 0 Å². The first kappa shape index (κ1) is 14.1. The van der Waals surface area contributed by atoms with Gasteiger partial charge < -0.3 is 4.90 Å². The van der Waals surface area contributed by atoms with Gasteiger partial charge in [-0.05, 0) is 63.7 Å². The van der Waals surface area contributed by atoms with Gasteiger partial charge in [-0.3, -0.25) is 0 Å². The maximum Gasteiger partial charge on any atom is 0.00556 e. The van der Waals surface area contributed by atoms with Crippen LogP contribution < -0.4 is 0 Å². The van der Waals surface area contributed by atoms with Crippen LogP contribution in [0.25, 0.3) is 21.9 Å². The summed E-state index contributed by atoms with van der Waals surface area (Å²) in [4.78, 5) is 2.04. The third-order valence-corrected chi connectivity index (χ3v) is 4.64. The summed E-state index contributed by atoms with van der Waals surface area (Å²) in [6.07, 6.45) is 15.3. The largest absolute Gasteiger partial charge is 0.383 e. The topological polar surface area (TPSA) is 3.24 Å². The van der Waals surface area contributed by atoms with E-state index < -0.39 is 0 Å². The third kappa shape index (κ3) is 2.43. The number of nitrogens with zero attached hydrogens (tertiary/aromatic N) is 1. The van der Waals surface area contributed by atoms with Crippen LogP contribution in [0.5, 0.6) is 0 Å². The standard InChI is InChI=1S/C22H21N/c1-23(2)14-5-3-4-7-18-15-19-11-10-16-8-6-9-17-12-13-20(18)22(19)21(16)17/h3-9,12-15H,10-11H2,1-2H3/b4-3-,14-5+,18-7+. The van der Waals surface area contributed by atoms with Gasteiger partial charge in [0.15, 0.2) is 0 Å². The fourth-order valence-electron chi connectivity index (χ4n) is 3.62. The Balaban J connectivity index is 1.77. The molecule has 0 heterocycles. The van der Waals surface area contributed by atoms with E-state index in [2.05, 4.69) is 60.7 Å². The molecule has 0 aliphatic heterocycles. The normalized spacial score (nSPS) is 17.7. The molecule has 0 bridgehead atoms. The Morgan fingerprint density at radius 2 is 1.87 bits per heavy atom. The van der Waals surface area contributed by atoms with Gasteiger partial charge in [0.2, 0.25) is 0 Å². The highest BCUT2D eigenvalue weighted by molar-refractivity contribution is 6.08. The lowest BCUT2D eigenvalue weighted by molar-refractivity contribution is 0.564. The van der Waals surface area contributed by atoms with Gasteiger partial charge in [0.05, 0.1) is 0 Å². The highest BCUT2D eigenvalue weighted by Crippen LogP contribution is 2.45. The zero-order chi connectivity index (χ0) is 15.8. The van der Waals surface area contributed by atoms with Crippen molar-refractivity contribution >= 4 is 21.9 Å². The van der Waals surface area contributed by atoms with Crippen molar-refractivity contribution in [2.24, 2.45) is 0 Å². The maximum atomic E-state index is 2.38. The molecule has 0 unspecified atom stereocenters. The Hall–Kier alpha value is -2.54. The molecule has 0 radical (unpaired) electrons. The second kappa shape index (κ2) is 5.58. The summed E-state index contributed by atoms with van der Waals surface area (Å²) in [5.41, 5.74) is 7.21. The second-order valence-electron chi connectivity index (χ2n) is 6.48. The highest BCUT2D eigenvalue weighted by Gasteiger charge is 2.24. The van der Waals surface area contributed by atoms with Crippen LogP contribution in [0, 0.1) is 0 Å². The summed E-state index contributed by atoms with van der Waals surface area (Å²) in [6.45, 7) is 0. The maximum absolute atomic E-state index is 2.38. The molecule has 0 N–H and O–H groups in total. The Morgan fingerprint density at radius 1 is 0.957 bits per heavy atom. The molecule has 2 aromatic carbocycles. The van der Waals surface area contributed by atoms with E-state index in [0.717, 1.165) is 12.8 Å². The van der Waals surface area contributed by atoms with Gasteiger partial charge in [0.25, 0.3) is 0 Å². The minimum absolute atomic E-state index is 1.16. The molecule has 1 nitrogen and oxygen atoms in total. The van der Waals surface area contributed by atoms with Gasteiger partial charge in [-0.25, -0.2) is 0 Å². The van der Waals surface area contributed by atoms with Crippen LogP contribution in [-0.4, -0.2) is 19.0 Å². The smallest absolute Gasteiger partial charge is 0.00556 e. The third-order valence-electron chi connectivity index (χ3n) is 4.64. The molecule has 0 saturated carbocycles. The van der Waals surface area contributed by atoms with Crippen molar-refractivity contribution in [1.82, 2.24) is 4.90 Å². The average molecular weight is 299 g/mol. The molecule has 1 heteroatoms. The van der Waals surface area contributed by atoms with Crippen LogP contribution in [0.4, 0.5) is 0 Å². The van der Waals surface area contributed by atoms with E-state index in [0.29, 0.717) is 0 Å². The molecule has 0 spiro atoms. The molecule has 0 atom stereocenters.